The van der Waals surface area contributed by atoms with Crippen LogP contribution < -0.4 is 20.3 Å². The summed E-state index contributed by atoms with van der Waals surface area (Å²) in [6.45, 7) is 6.69. The first-order valence-corrected chi connectivity index (χ1v) is 24.3. The molecule has 0 saturated heterocycles. The van der Waals surface area contributed by atoms with Crippen LogP contribution in [0.2, 0.25) is 5.02 Å². The van der Waals surface area contributed by atoms with Crippen LogP contribution in [0, 0.1) is 46.8 Å². The van der Waals surface area contributed by atoms with Gasteiger partial charge in [0.15, 0.2) is 11.6 Å². The van der Waals surface area contributed by atoms with Crippen LogP contribution in [0.4, 0.5) is 23.1 Å². The number of fused-ring (bicyclic) bond motifs is 6. The van der Waals surface area contributed by atoms with E-state index in [0.717, 1.165) is 95.2 Å². The zero-order chi connectivity index (χ0) is 43.9. The molecule has 14 nitrogen and oxygen atoms in total. The Balaban J connectivity index is 0.000000192. The van der Waals surface area contributed by atoms with Crippen molar-refractivity contribution >= 4 is 56.3 Å². The lowest BCUT2D eigenvalue weighted by Gasteiger charge is -2.60. The Bertz CT molecular complexity index is 2120. The van der Waals surface area contributed by atoms with Crippen LogP contribution in [-0.4, -0.2) is 114 Å². The Hall–Kier alpha value is -3.36. The quantitative estimate of drug-likeness (QED) is 0.187. The zero-order valence-corrected chi connectivity index (χ0v) is 37.6. The number of ketones is 2. The molecule has 5 aliphatic carbocycles. The first-order valence-electron chi connectivity index (χ1n) is 22.0. The Morgan fingerprint density at radius 1 is 1.08 bits per heavy atom. The summed E-state index contributed by atoms with van der Waals surface area (Å²) in [4.78, 5) is 39.1. The number of aliphatic hydroxyl groups is 3. The van der Waals surface area contributed by atoms with Crippen LogP contribution in [0.25, 0.3) is 0 Å². The summed E-state index contributed by atoms with van der Waals surface area (Å²) in [6, 6.07) is 5.87. The summed E-state index contributed by atoms with van der Waals surface area (Å²) >= 11 is 6.39. The molecule has 334 valence electrons. The van der Waals surface area contributed by atoms with Gasteiger partial charge in [-0.15, -0.1) is 6.42 Å². The lowest BCUT2D eigenvalue weighted by Crippen LogP contribution is -2.62. The molecule has 0 bridgehead atoms. The van der Waals surface area contributed by atoms with Crippen LogP contribution in [0.5, 0.6) is 0 Å². The van der Waals surface area contributed by atoms with E-state index in [-0.39, 0.29) is 53.6 Å². The minimum atomic E-state index is -3.31. The third-order valence-corrected chi connectivity index (χ3v) is 16.5. The number of carbonyl (C=O) groups is 2. The standard InChI is InChI=1S/C24H32ClN7O2S.C21H32O5/c1-4-11-32-13-12-31(2)22-14-18(10-9-17(22)16-32)27-24-26-15-19(25)23(29-24)28-20-7-5-6-8-21(20)30-35(3,33)34;1-19-7-5-13(23)9-12(19)3-4-14-15-6-8-21(26,17(25)11-22)20(15,2)10-16(24)18(14)19/h1,9-10,14-15,20-21,30H,5-8,11-13,16H2,2-3H3,(H2,26,27,28,29);12-15,18,22-23,26H,3-11H2,1-2H3/t20-,21-;12-,13-,14+,15+,18-,19+,20+,21+/m11/s1. The Kier molecular flexibility index (Phi) is 13.5. The van der Waals surface area contributed by atoms with Gasteiger partial charge in [0, 0.05) is 67.9 Å². The number of Topliss-reactive ketones (excluding diaryl/α,β-unsaturated/α-hetero) is 2. The molecule has 0 unspecified atom stereocenters. The molecule has 0 amide bonds. The Morgan fingerprint density at radius 2 is 1.84 bits per heavy atom. The molecular formula is C45H64ClN7O7S. The van der Waals surface area contributed by atoms with E-state index >= 15 is 0 Å². The molecular weight excluding hydrogens is 818 g/mol. The maximum Gasteiger partial charge on any atom is 0.229 e. The smallest absolute Gasteiger partial charge is 0.229 e. The number of aliphatic hydroxyl groups excluding tert-OH is 2. The first-order chi connectivity index (χ1) is 28.9. The van der Waals surface area contributed by atoms with Gasteiger partial charge < -0.3 is 30.9 Å². The van der Waals surface area contributed by atoms with Gasteiger partial charge in [0.25, 0.3) is 0 Å². The van der Waals surface area contributed by atoms with Crippen LogP contribution in [0.1, 0.15) is 96.5 Å². The Morgan fingerprint density at radius 3 is 2.56 bits per heavy atom. The van der Waals surface area contributed by atoms with Crippen molar-refractivity contribution in [1.29, 1.82) is 0 Å². The molecule has 5 fully saturated rings. The SMILES string of the molecule is C#CCN1CCN(C)c2cc(Nc3ncc(Cl)c(N[C@@H]4CCCC[C@H]4NS(C)(=O)=O)n3)ccc2C1.C[C@]12CC[C@@H](O)C[C@H]1CC[C@@H]1[C@@H]2C(=O)C[C@@]2(C)[C@H]1CC[C@]2(O)C(=O)CO. The number of terminal acetylenes is 1. The number of carbonyl (C=O) groups excluding carboxylic acids is 2. The Labute approximate surface area is 366 Å². The van der Waals surface area contributed by atoms with E-state index in [0.29, 0.717) is 35.7 Å². The predicted molar refractivity (Wildman–Crippen MR) is 237 cm³/mol. The fourth-order valence-electron chi connectivity index (χ4n) is 12.3. The van der Waals surface area contributed by atoms with E-state index in [1.807, 2.05) is 13.0 Å². The molecule has 2 heterocycles. The zero-order valence-electron chi connectivity index (χ0n) is 36.0. The number of likely N-dealkylation sites (N-methyl/N-ethyl adjacent to an activating group) is 1. The number of sulfonamides is 1. The summed E-state index contributed by atoms with van der Waals surface area (Å²) in [5.41, 5.74) is 0.812. The molecule has 1 aromatic heterocycles. The number of nitrogens with zero attached hydrogens (tertiary/aromatic N) is 4. The van der Waals surface area contributed by atoms with Crippen molar-refractivity contribution in [3.63, 3.8) is 0 Å². The molecule has 1 aliphatic heterocycles. The van der Waals surface area contributed by atoms with Crippen LogP contribution in [0.15, 0.2) is 24.4 Å². The number of rotatable bonds is 9. The summed E-state index contributed by atoms with van der Waals surface area (Å²) in [6.07, 6.45) is 17.3. The average molecular weight is 883 g/mol. The van der Waals surface area contributed by atoms with Gasteiger partial charge in [-0.05, 0) is 98.7 Å². The van der Waals surface area contributed by atoms with Crippen molar-refractivity contribution in [1.82, 2.24) is 19.6 Å². The largest absolute Gasteiger partial charge is 0.393 e. The van der Waals surface area contributed by atoms with Gasteiger partial charge in [-0.25, -0.2) is 18.1 Å². The molecule has 2 aromatic rings. The summed E-state index contributed by atoms with van der Waals surface area (Å²) in [5, 5.41) is 37.6. The highest BCUT2D eigenvalue weighted by Gasteiger charge is 2.68. The molecule has 10 atom stereocenters. The molecule has 6 aliphatic rings. The van der Waals surface area contributed by atoms with Crippen molar-refractivity contribution in [2.45, 2.75) is 121 Å². The van der Waals surface area contributed by atoms with E-state index in [1.165, 1.54) is 11.8 Å². The van der Waals surface area contributed by atoms with Crippen LogP contribution in [0.3, 0.4) is 0 Å². The molecule has 1 aromatic carbocycles. The normalized spacial score (nSPS) is 34.9. The van der Waals surface area contributed by atoms with E-state index in [9.17, 15) is 33.3 Å². The van der Waals surface area contributed by atoms with E-state index in [4.69, 9.17) is 18.0 Å². The van der Waals surface area contributed by atoms with Gasteiger partial charge in [0.05, 0.1) is 25.1 Å². The van der Waals surface area contributed by atoms with Gasteiger partial charge in [-0.1, -0.05) is 50.3 Å². The monoisotopic (exact) mass is 881 g/mol. The number of hydrogen-bond donors (Lipinski definition) is 6. The van der Waals surface area contributed by atoms with Gasteiger partial charge in [0.1, 0.15) is 23.0 Å². The van der Waals surface area contributed by atoms with Gasteiger partial charge in [-0.3, -0.25) is 14.5 Å². The highest BCUT2D eigenvalue weighted by atomic mass is 35.5. The third-order valence-electron chi connectivity index (χ3n) is 15.5. The topological polar surface area (TPSA) is 197 Å². The second-order valence-electron chi connectivity index (χ2n) is 19.2. The fourth-order valence-corrected chi connectivity index (χ4v) is 13.3. The minimum Gasteiger partial charge on any atom is -0.393 e. The number of aromatic nitrogens is 2. The summed E-state index contributed by atoms with van der Waals surface area (Å²) < 4.78 is 26.3. The van der Waals surface area contributed by atoms with Crippen molar-refractivity contribution in [2.24, 2.45) is 34.5 Å². The summed E-state index contributed by atoms with van der Waals surface area (Å²) in [5.74, 6) is 4.00. The molecule has 8 rings (SSSR count). The van der Waals surface area contributed by atoms with E-state index < -0.39 is 33.4 Å². The lowest BCUT2D eigenvalue weighted by atomic mass is 9.44. The van der Waals surface area contributed by atoms with Gasteiger partial charge in [-0.2, -0.15) is 4.98 Å². The second-order valence-corrected chi connectivity index (χ2v) is 21.4. The molecule has 61 heavy (non-hydrogen) atoms. The minimum absolute atomic E-state index is 0.0154. The van der Waals surface area contributed by atoms with Crippen molar-refractivity contribution in [2.75, 3.05) is 55.1 Å². The van der Waals surface area contributed by atoms with Crippen LogP contribution >= 0.6 is 11.6 Å². The molecule has 0 spiro atoms. The highest BCUT2D eigenvalue weighted by Crippen LogP contribution is 2.67. The van der Waals surface area contributed by atoms with Crippen LogP contribution in [-0.2, 0) is 26.2 Å². The van der Waals surface area contributed by atoms with Crippen molar-refractivity contribution in [3.8, 4) is 12.3 Å². The van der Waals surface area contributed by atoms with E-state index in [1.54, 1.807) is 6.20 Å². The number of anilines is 4. The number of halogens is 1. The molecule has 0 radical (unpaired) electrons. The third kappa shape index (κ3) is 9.19. The van der Waals surface area contributed by atoms with Gasteiger partial charge in [0.2, 0.25) is 16.0 Å². The second kappa shape index (κ2) is 18.0. The maximum atomic E-state index is 13.4. The number of nitrogens with one attached hydrogen (secondary N) is 3. The first kappa shape index (κ1) is 45.7. The fraction of sp³-hybridized carbons (Fsp3) is 0.689. The van der Waals surface area contributed by atoms with Crippen molar-refractivity contribution < 1.29 is 33.3 Å². The molecule has 5 saturated carbocycles. The average Bonchev–Trinajstić information content (AvgIpc) is 3.38. The summed E-state index contributed by atoms with van der Waals surface area (Å²) in [7, 11) is -1.24. The van der Waals surface area contributed by atoms with E-state index in [2.05, 4.69) is 67.1 Å². The van der Waals surface area contributed by atoms with Gasteiger partial charge >= 0.3 is 0 Å². The molecule has 6 N–H and O–H groups in total. The number of hydrogen-bond acceptors (Lipinski definition) is 13. The maximum absolute atomic E-state index is 13.4. The number of benzene rings is 1. The lowest BCUT2D eigenvalue weighted by molar-refractivity contribution is -0.180. The van der Waals surface area contributed by atoms with Crippen molar-refractivity contribution in [3.05, 3.63) is 35.0 Å². The molecule has 16 heteroatoms. The predicted octanol–water partition coefficient (Wildman–Crippen LogP) is 4.89. The highest BCUT2D eigenvalue weighted by molar-refractivity contribution is 7.88.